The highest BCUT2D eigenvalue weighted by Gasteiger charge is 2.46. The zero-order valence-electron chi connectivity index (χ0n) is 7.76. The van der Waals surface area contributed by atoms with Crippen LogP contribution in [-0.4, -0.2) is 12.3 Å². The van der Waals surface area contributed by atoms with Gasteiger partial charge >= 0.3 is 6.30 Å². The third kappa shape index (κ3) is 2.38. The van der Waals surface area contributed by atoms with Crippen LogP contribution in [0, 0.1) is 3.57 Å². The molecule has 0 unspecified atom stereocenters. The molecule has 0 saturated heterocycles. The maximum atomic E-state index is 12.8. The van der Waals surface area contributed by atoms with Gasteiger partial charge in [0.15, 0.2) is 0 Å². The van der Waals surface area contributed by atoms with Crippen molar-refractivity contribution in [3.05, 3.63) is 27.8 Å². The second-order valence-corrected chi connectivity index (χ2v) is 4.68. The van der Waals surface area contributed by atoms with Crippen LogP contribution in [-0.2, 0) is 0 Å². The van der Waals surface area contributed by atoms with E-state index >= 15 is 0 Å². The minimum Gasteiger partial charge on any atom is -0.280 e. The van der Waals surface area contributed by atoms with Crippen molar-refractivity contribution in [2.75, 3.05) is 4.90 Å². The summed E-state index contributed by atoms with van der Waals surface area (Å²) in [5.41, 5.74) is 0.271. The summed E-state index contributed by atoms with van der Waals surface area (Å²) in [5.74, 6) is 0. The molecule has 82 valence electrons. The van der Waals surface area contributed by atoms with E-state index in [9.17, 15) is 13.2 Å². The molecule has 0 spiro atoms. The monoisotopic (exact) mass is 327 g/mol. The van der Waals surface area contributed by atoms with Crippen LogP contribution < -0.4 is 4.90 Å². The molecule has 0 radical (unpaired) electrons. The van der Waals surface area contributed by atoms with Gasteiger partial charge in [-0.05, 0) is 47.6 Å². The summed E-state index contributed by atoms with van der Waals surface area (Å²) in [6, 6.07) is 6.23. The lowest BCUT2D eigenvalue weighted by molar-refractivity contribution is -0.130. The van der Waals surface area contributed by atoms with E-state index in [0.29, 0.717) is 21.3 Å². The number of rotatable bonds is 2. The first-order chi connectivity index (χ1) is 7.00. The first kappa shape index (κ1) is 11.0. The maximum Gasteiger partial charge on any atom is 0.485 e. The average molecular weight is 327 g/mol. The number of hydrogen-bond acceptors (Lipinski definition) is 1. The van der Waals surface area contributed by atoms with Gasteiger partial charge in [-0.3, -0.25) is 4.90 Å². The molecule has 15 heavy (non-hydrogen) atoms. The highest BCUT2D eigenvalue weighted by Crippen LogP contribution is 2.41. The van der Waals surface area contributed by atoms with Crippen molar-refractivity contribution in [1.29, 1.82) is 0 Å². The Kier molecular flexibility index (Phi) is 2.83. The predicted molar refractivity (Wildman–Crippen MR) is 60.7 cm³/mol. The molecule has 1 aromatic carbocycles. The molecular weight excluding hydrogens is 318 g/mol. The minimum atomic E-state index is -4.28. The third-order valence-corrected chi connectivity index (χ3v) is 3.21. The van der Waals surface area contributed by atoms with Crippen molar-refractivity contribution in [3.8, 4) is 0 Å². The van der Waals surface area contributed by atoms with Crippen molar-refractivity contribution in [2.24, 2.45) is 0 Å². The second kappa shape index (κ2) is 3.84. The lowest BCUT2D eigenvalue weighted by atomic mass is 10.3. The van der Waals surface area contributed by atoms with Gasteiger partial charge in [-0.15, -0.1) is 0 Å². The fourth-order valence-corrected chi connectivity index (χ4v) is 2.17. The van der Waals surface area contributed by atoms with Crippen LogP contribution in [0.1, 0.15) is 12.8 Å². The molecule has 0 atom stereocenters. The molecule has 5 heteroatoms. The van der Waals surface area contributed by atoms with Crippen LogP contribution in [0.3, 0.4) is 0 Å². The van der Waals surface area contributed by atoms with Gasteiger partial charge in [0.25, 0.3) is 0 Å². The molecule has 0 amide bonds. The highest BCUT2D eigenvalue weighted by molar-refractivity contribution is 14.1. The molecule has 0 aromatic heterocycles. The maximum absolute atomic E-state index is 12.8. The Labute approximate surface area is 99.4 Å². The predicted octanol–water partition coefficient (Wildman–Crippen LogP) is 3.78. The number of halogens is 4. The van der Waals surface area contributed by atoms with Gasteiger partial charge < -0.3 is 0 Å². The van der Waals surface area contributed by atoms with Crippen molar-refractivity contribution in [2.45, 2.75) is 25.2 Å². The van der Waals surface area contributed by atoms with Gasteiger partial charge in [0.2, 0.25) is 0 Å². The fourth-order valence-electron chi connectivity index (χ4n) is 1.52. The summed E-state index contributed by atoms with van der Waals surface area (Å²) < 4.78 is 39.0. The van der Waals surface area contributed by atoms with Crippen LogP contribution in [0.4, 0.5) is 18.9 Å². The molecule has 2 rings (SSSR count). The van der Waals surface area contributed by atoms with E-state index in [1.165, 1.54) is 6.07 Å². The Morgan fingerprint density at radius 2 is 1.80 bits per heavy atom. The van der Waals surface area contributed by atoms with E-state index in [4.69, 9.17) is 0 Å². The fraction of sp³-hybridized carbons (Fsp3) is 0.400. The van der Waals surface area contributed by atoms with Crippen molar-refractivity contribution in [1.82, 2.24) is 0 Å². The van der Waals surface area contributed by atoms with E-state index in [2.05, 4.69) is 0 Å². The Morgan fingerprint density at radius 1 is 1.20 bits per heavy atom. The molecule has 0 aliphatic heterocycles. The minimum absolute atomic E-state index is 0.271. The number of anilines is 1. The normalized spacial score (nSPS) is 16.5. The van der Waals surface area contributed by atoms with E-state index in [1.807, 2.05) is 22.6 Å². The van der Waals surface area contributed by atoms with Gasteiger partial charge in [-0.1, -0.05) is 12.1 Å². The Balaban J connectivity index is 2.37. The van der Waals surface area contributed by atoms with E-state index in [1.54, 1.807) is 18.2 Å². The zero-order valence-corrected chi connectivity index (χ0v) is 9.92. The van der Waals surface area contributed by atoms with Gasteiger partial charge in [0.1, 0.15) is 0 Å². The number of alkyl halides is 3. The first-order valence-corrected chi connectivity index (χ1v) is 5.68. The van der Waals surface area contributed by atoms with Crippen molar-refractivity contribution < 1.29 is 13.2 Å². The summed E-state index contributed by atoms with van der Waals surface area (Å²) in [4.78, 5) is 0.578. The number of hydrogen-bond donors (Lipinski definition) is 0. The van der Waals surface area contributed by atoms with Gasteiger partial charge in [-0.25, -0.2) is 0 Å². The molecule has 1 aromatic rings. The zero-order chi connectivity index (χ0) is 11.1. The molecule has 0 heterocycles. The molecule has 1 nitrogen and oxygen atoms in total. The summed E-state index contributed by atoms with van der Waals surface area (Å²) in [5, 5.41) is 0. The molecule has 1 aliphatic carbocycles. The summed E-state index contributed by atoms with van der Waals surface area (Å²) in [7, 11) is 0. The summed E-state index contributed by atoms with van der Waals surface area (Å²) in [6.45, 7) is 0. The summed E-state index contributed by atoms with van der Waals surface area (Å²) >= 11 is 1.94. The van der Waals surface area contributed by atoms with Gasteiger partial charge in [0.05, 0.1) is 5.69 Å². The highest BCUT2D eigenvalue weighted by atomic mass is 127. The van der Waals surface area contributed by atoms with E-state index in [-0.39, 0.29) is 11.7 Å². The van der Waals surface area contributed by atoms with E-state index in [0.717, 1.165) is 0 Å². The number of nitrogens with zero attached hydrogens (tertiary/aromatic N) is 1. The quantitative estimate of drug-likeness (QED) is 0.590. The standard InChI is InChI=1S/C10H9F3IN/c11-10(12,13)15(7-5-6-7)9-4-2-1-3-8(9)14/h1-4,7H,5-6H2. The Bertz CT molecular complexity index is 360. The molecule has 1 saturated carbocycles. The average Bonchev–Trinajstić information content (AvgIpc) is 2.90. The van der Waals surface area contributed by atoms with Gasteiger partial charge in [0, 0.05) is 9.61 Å². The van der Waals surface area contributed by atoms with Crippen molar-refractivity contribution >= 4 is 28.3 Å². The van der Waals surface area contributed by atoms with Crippen LogP contribution in [0.15, 0.2) is 24.3 Å². The van der Waals surface area contributed by atoms with Crippen LogP contribution in [0.2, 0.25) is 0 Å². The molecular formula is C10H9F3IN. The van der Waals surface area contributed by atoms with Crippen LogP contribution in [0.5, 0.6) is 0 Å². The largest absolute Gasteiger partial charge is 0.485 e. The van der Waals surface area contributed by atoms with Crippen molar-refractivity contribution in [3.63, 3.8) is 0 Å². The van der Waals surface area contributed by atoms with Crippen LogP contribution in [0.25, 0.3) is 0 Å². The van der Waals surface area contributed by atoms with Crippen LogP contribution >= 0.6 is 22.6 Å². The van der Waals surface area contributed by atoms with Gasteiger partial charge in [-0.2, -0.15) is 13.2 Å². The molecule has 1 fully saturated rings. The van der Waals surface area contributed by atoms with E-state index < -0.39 is 6.30 Å². The molecule has 0 bridgehead atoms. The molecule has 1 aliphatic rings. The smallest absolute Gasteiger partial charge is 0.280 e. The first-order valence-electron chi connectivity index (χ1n) is 4.61. The summed E-state index contributed by atoms with van der Waals surface area (Å²) in [6.07, 6.45) is -3.02. The Hall–Kier alpha value is -0.460. The lowest BCUT2D eigenvalue weighted by Gasteiger charge is -2.27. The second-order valence-electron chi connectivity index (χ2n) is 3.52. The SMILES string of the molecule is FC(F)(F)N(c1ccccc1I)C1CC1. The number of para-hydroxylation sites is 1. The molecule has 0 N–H and O–H groups in total. The Morgan fingerprint density at radius 3 is 2.27 bits per heavy atom. The number of benzene rings is 1. The topological polar surface area (TPSA) is 3.24 Å². The third-order valence-electron chi connectivity index (χ3n) is 2.30. The lowest BCUT2D eigenvalue weighted by Crippen LogP contribution is -2.40.